The monoisotopic (exact) mass is 350 g/mol. The maximum atomic E-state index is 3.86. The van der Waals surface area contributed by atoms with Crippen molar-refractivity contribution in [3.05, 3.63) is 33.8 Å². The van der Waals surface area contributed by atoms with Gasteiger partial charge in [0.2, 0.25) is 0 Å². The molecule has 1 aliphatic carbocycles. The Bertz CT molecular complexity index is 480. The summed E-state index contributed by atoms with van der Waals surface area (Å²) < 4.78 is 1.21. The lowest BCUT2D eigenvalue weighted by Gasteiger charge is -2.32. The van der Waals surface area contributed by atoms with Crippen LogP contribution in [0.2, 0.25) is 0 Å². The van der Waals surface area contributed by atoms with Gasteiger partial charge in [-0.1, -0.05) is 35.8 Å². The zero-order valence-corrected chi connectivity index (χ0v) is 14.8. The van der Waals surface area contributed by atoms with E-state index >= 15 is 0 Å². The van der Waals surface area contributed by atoms with E-state index in [1.54, 1.807) is 0 Å². The van der Waals surface area contributed by atoms with Gasteiger partial charge in [0, 0.05) is 23.1 Å². The molecule has 0 bridgehead atoms. The lowest BCUT2D eigenvalue weighted by Crippen LogP contribution is -2.44. The largest absolute Gasteiger partial charge is 0.308 e. The molecule has 3 heteroatoms. The Morgan fingerprint density at radius 2 is 2.05 bits per heavy atom. The van der Waals surface area contributed by atoms with Crippen molar-refractivity contribution in [1.29, 1.82) is 0 Å². The van der Waals surface area contributed by atoms with E-state index < -0.39 is 0 Å². The number of nitrogens with one attached hydrogen (secondary N) is 1. The van der Waals surface area contributed by atoms with E-state index in [1.165, 1.54) is 54.4 Å². The Morgan fingerprint density at radius 1 is 1.29 bits per heavy atom. The van der Waals surface area contributed by atoms with Crippen molar-refractivity contribution in [1.82, 2.24) is 10.2 Å². The van der Waals surface area contributed by atoms with Crippen molar-refractivity contribution >= 4 is 15.9 Å². The minimum absolute atomic E-state index is 0.553. The van der Waals surface area contributed by atoms with Gasteiger partial charge < -0.3 is 5.32 Å². The number of likely N-dealkylation sites (tertiary alicyclic amines) is 1. The smallest absolute Gasteiger partial charge is 0.0326 e. The zero-order chi connectivity index (χ0) is 14.8. The molecule has 2 atom stereocenters. The molecular weight excluding hydrogens is 324 g/mol. The first-order chi connectivity index (χ1) is 10.1. The van der Waals surface area contributed by atoms with Crippen molar-refractivity contribution in [2.75, 3.05) is 19.6 Å². The molecule has 2 aliphatic rings. The molecule has 116 valence electrons. The van der Waals surface area contributed by atoms with E-state index in [9.17, 15) is 0 Å². The van der Waals surface area contributed by atoms with E-state index in [-0.39, 0.29) is 0 Å². The van der Waals surface area contributed by atoms with Crippen LogP contribution in [0.25, 0.3) is 0 Å². The lowest BCUT2D eigenvalue weighted by atomic mass is 10.0. The average molecular weight is 351 g/mol. The molecule has 2 unspecified atom stereocenters. The van der Waals surface area contributed by atoms with E-state index in [1.807, 2.05) is 0 Å². The maximum Gasteiger partial charge on any atom is 0.0326 e. The Kier molecular flexibility index (Phi) is 5.03. The van der Waals surface area contributed by atoms with Gasteiger partial charge >= 0.3 is 0 Å². The van der Waals surface area contributed by atoms with Crippen LogP contribution in [0, 0.1) is 5.92 Å². The summed E-state index contributed by atoms with van der Waals surface area (Å²) in [6, 6.07) is 8.00. The topological polar surface area (TPSA) is 15.3 Å². The van der Waals surface area contributed by atoms with Crippen LogP contribution < -0.4 is 5.32 Å². The summed E-state index contributed by atoms with van der Waals surface area (Å²) in [5, 5.41) is 3.86. The fourth-order valence-corrected chi connectivity index (χ4v) is 4.33. The molecule has 0 amide bonds. The van der Waals surface area contributed by atoms with Crippen molar-refractivity contribution in [3.63, 3.8) is 0 Å². The molecule has 0 spiro atoms. The second-order valence-corrected chi connectivity index (χ2v) is 7.81. The molecule has 21 heavy (non-hydrogen) atoms. The van der Waals surface area contributed by atoms with Crippen molar-refractivity contribution in [2.24, 2.45) is 5.92 Å². The first-order valence-corrected chi connectivity index (χ1v) is 9.20. The van der Waals surface area contributed by atoms with Crippen molar-refractivity contribution < 1.29 is 0 Å². The number of aryl methyl sites for hydroxylation is 1. The molecule has 3 rings (SSSR count). The summed E-state index contributed by atoms with van der Waals surface area (Å²) in [6.45, 7) is 8.43. The molecular formula is C18H27BrN2. The van der Waals surface area contributed by atoms with Gasteiger partial charge in [0.1, 0.15) is 0 Å². The summed E-state index contributed by atoms with van der Waals surface area (Å²) in [5.41, 5.74) is 3.03. The van der Waals surface area contributed by atoms with E-state index in [4.69, 9.17) is 0 Å². The highest BCUT2D eigenvalue weighted by atomic mass is 79.9. The summed E-state index contributed by atoms with van der Waals surface area (Å²) in [7, 11) is 0. The molecule has 2 nitrogen and oxygen atoms in total. The van der Waals surface area contributed by atoms with Crippen molar-refractivity contribution in [2.45, 2.75) is 51.6 Å². The number of hydrogen-bond acceptors (Lipinski definition) is 2. The van der Waals surface area contributed by atoms with E-state index in [0.29, 0.717) is 12.1 Å². The highest BCUT2D eigenvalue weighted by Crippen LogP contribution is 2.33. The molecule has 1 aromatic carbocycles. The van der Waals surface area contributed by atoms with Gasteiger partial charge in [-0.3, -0.25) is 4.90 Å². The Balaban J connectivity index is 1.62. The van der Waals surface area contributed by atoms with Crippen LogP contribution in [-0.2, 0) is 6.42 Å². The molecule has 0 radical (unpaired) electrons. The number of fused-ring (bicyclic) bond motifs is 1. The minimum Gasteiger partial charge on any atom is -0.308 e. The highest BCUT2D eigenvalue weighted by Gasteiger charge is 2.27. The standard InChI is InChI=1S/C18H27BrN2/c1-13(2)18(21-9-3-4-10-21)12-20-17-8-5-14-11-15(19)6-7-16(14)17/h6-7,11,13,17-18,20H,3-5,8-10,12H2,1-2H3. The van der Waals surface area contributed by atoms with Gasteiger partial charge in [-0.15, -0.1) is 0 Å². The molecule has 1 fully saturated rings. The summed E-state index contributed by atoms with van der Waals surface area (Å²) in [6.07, 6.45) is 5.21. The molecule has 0 saturated carbocycles. The van der Waals surface area contributed by atoms with Crippen LogP contribution in [0.15, 0.2) is 22.7 Å². The predicted octanol–water partition coefficient (Wildman–Crippen LogP) is 4.15. The van der Waals surface area contributed by atoms with Gasteiger partial charge in [-0.25, -0.2) is 0 Å². The number of halogens is 1. The highest BCUT2D eigenvalue weighted by molar-refractivity contribution is 9.10. The Morgan fingerprint density at radius 3 is 2.76 bits per heavy atom. The lowest BCUT2D eigenvalue weighted by molar-refractivity contribution is 0.182. The summed E-state index contributed by atoms with van der Waals surface area (Å²) >= 11 is 3.58. The third-order valence-corrected chi connectivity index (χ3v) is 5.63. The Hall–Kier alpha value is -0.380. The quantitative estimate of drug-likeness (QED) is 0.858. The van der Waals surface area contributed by atoms with E-state index in [0.717, 1.165) is 12.5 Å². The van der Waals surface area contributed by atoms with E-state index in [2.05, 4.69) is 58.2 Å². The molecule has 0 aromatic heterocycles. The van der Waals surface area contributed by atoms with Crippen LogP contribution in [-0.4, -0.2) is 30.6 Å². The first kappa shape index (κ1) is 15.5. The zero-order valence-electron chi connectivity index (χ0n) is 13.2. The average Bonchev–Trinajstić information content (AvgIpc) is 3.08. The molecule has 1 heterocycles. The first-order valence-electron chi connectivity index (χ1n) is 8.41. The second kappa shape index (κ2) is 6.80. The molecule has 1 aliphatic heterocycles. The number of rotatable bonds is 5. The van der Waals surface area contributed by atoms with Crippen LogP contribution in [0.4, 0.5) is 0 Å². The van der Waals surface area contributed by atoms with Crippen LogP contribution in [0.5, 0.6) is 0 Å². The maximum absolute atomic E-state index is 3.86. The van der Waals surface area contributed by atoms with Crippen LogP contribution in [0.1, 0.15) is 50.3 Å². The second-order valence-electron chi connectivity index (χ2n) is 6.90. The predicted molar refractivity (Wildman–Crippen MR) is 92.6 cm³/mol. The van der Waals surface area contributed by atoms with Gasteiger partial charge in [-0.2, -0.15) is 0 Å². The van der Waals surface area contributed by atoms with Gasteiger partial charge in [-0.05, 0) is 68.0 Å². The Labute approximate surface area is 137 Å². The number of hydrogen-bond donors (Lipinski definition) is 1. The van der Waals surface area contributed by atoms with Crippen LogP contribution in [0.3, 0.4) is 0 Å². The van der Waals surface area contributed by atoms with Gasteiger partial charge in [0.15, 0.2) is 0 Å². The van der Waals surface area contributed by atoms with Gasteiger partial charge in [0.05, 0.1) is 0 Å². The summed E-state index contributed by atoms with van der Waals surface area (Å²) in [5.74, 6) is 0.724. The normalized spacial score (nSPS) is 23.7. The third kappa shape index (κ3) is 3.52. The number of nitrogens with zero attached hydrogens (tertiary/aromatic N) is 1. The van der Waals surface area contributed by atoms with Crippen molar-refractivity contribution in [3.8, 4) is 0 Å². The fourth-order valence-electron chi connectivity index (χ4n) is 3.92. The van der Waals surface area contributed by atoms with Gasteiger partial charge in [0.25, 0.3) is 0 Å². The third-order valence-electron chi connectivity index (χ3n) is 5.14. The fraction of sp³-hybridized carbons (Fsp3) is 0.667. The SMILES string of the molecule is CC(C)C(CNC1CCc2cc(Br)ccc21)N1CCCC1. The summed E-state index contributed by atoms with van der Waals surface area (Å²) in [4.78, 5) is 2.69. The minimum atomic E-state index is 0.553. The molecule has 1 N–H and O–H groups in total. The molecule has 1 saturated heterocycles. The van der Waals surface area contributed by atoms with Crippen LogP contribution >= 0.6 is 15.9 Å². The number of benzene rings is 1. The molecule has 1 aromatic rings.